The predicted octanol–water partition coefficient (Wildman–Crippen LogP) is 5.52. The van der Waals surface area contributed by atoms with E-state index in [2.05, 4.69) is 26.5 Å². The maximum atomic E-state index is 12.7. The molecule has 0 unspecified atom stereocenters. The second-order valence-electron chi connectivity index (χ2n) is 6.78. The molecule has 0 aromatic heterocycles. The smallest absolute Gasteiger partial charge is 0.343 e. The second kappa shape index (κ2) is 12.4. The molecule has 1 amide bonds. The van der Waals surface area contributed by atoms with Gasteiger partial charge in [-0.25, -0.2) is 10.2 Å². The van der Waals surface area contributed by atoms with Crippen LogP contribution in [0.25, 0.3) is 0 Å². The van der Waals surface area contributed by atoms with Crippen molar-refractivity contribution in [3.05, 3.63) is 80.2 Å². The molecule has 0 spiro atoms. The molecule has 1 N–H and O–H groups in total. The molecule has 35 heavy (non-hydrogen) atoms. The van der Waals surface area contributed by atoms with Crippen LogP contribution in [-0.2, 0) is 4.79 Å². The van der Waals surface area contributed by atoms with Gasteiger partial charge in [-0.15, -0.1) is 0 Å². The molecule has 3 rings (SSSR count). The highest BCUT2D eigenvalue weighted by Gasteiger charge is 2.15. The molecule has 0 bridgehead atoms. The Balaban J connectivity index is 1.66. The molecular formula is C24H19BrCl2N2O6. The van der Waals surface area contributed by atoms with E-state index in [1.54, 1.807) is 48.5 Å². The Bertz CT molecular complexity index is 1270. The number of amides is 1. The molecule has 0 saturated carbocycles. The van der Waals surface area contributed by atoms with Crippen LogP contribution in [0, 0.1) is 0 Å². The van der Waals surface area contributed by atoms with Crippen molar-refractivity contribution in [3.8, 4) is 23.0 Å². The number of rotatable bonds is 9. The summed E-state index contributed by atoms with van der Waals surface area (Å²) in [5.74, 6) is 0.235. The zero-order valence-corrected chi connectivity index (χ0v) is 21.6. The summed E-state index contributed by atoms with van der Waals surface area (Å²) in [7, 11) is 2.97. The normalized spacial score (nSPS) is 10.7. The molecule has 0 fully saturated rings. The van der Waals surface area contributed by atoms with E-state index in [4.69, 9.17) is 42.1 Å². The summed E-state index contributed by atoms with van der Waals surface area (Å²) >= 11 is 15.3. The lowest BCUT2D eigenvalue weighted by molar-refractivity contribution is -0.123. The van der Waals surface area contributed by atoms with Crippen LogP contribution < -0.4 is 24.4 Å². The molecule has 0 aliphatic carbocycles. The van der Waals surface area contributed by atoms with Gasteiger partial charge in [0.2, 0.25) is 0 Å². The van der Waals surface area contributed by atoms with Gasteiger partial charge in [0.1, 0.15) is 16.5 Å². The number of carbonyl (C=O) groups excluding carboxylic acids is 2. The van der Waals surface area contributed by atoms with E-state index >= 15 is 0 Å². The van der Waals surface area contributed by atoms with Gasteiger partial charge in [-0.05, 0) is 48.5 Å². The summed E-state index contributed by atoms with van der Waals surface area (Å²) in [5, 5.41) is 4.43. The van der Waals surface area contributed by atoms with Crippen LogP contribution in [-0.4, -0.2) is 38.9 Å². The van der Waals surface area contributed by atoms with Crippen LogP contribution in [0.5, 0.6) is 23.0 Å². The third-order valence-electron chi connectivity index (χ3n) is 4.46. The number of hydrazone groups is 1. The number of benzene rings is 3. The van der Waals surface area contributed by atoms with Crippen molar-refractivity contribution in [2.75, 3.05) is 20.8 Å². The fourth-order valence-electron chi connectivity index (χ4n) is 2.78. The van der Waals surface area contributed by atoms with Gasteiger partial charge in [-0.2, -0.15) is 5.10 Å². The number of halogens is 3. The topological polar surface area (TPSA) is 95.5 Å². The van der Waals surface area contributed by atoms with E-state index in [9.17, 15) is 9.59 Å². The summed E-state index contributed by atoms with van der Waals surface area (Å²) in [6, 6.07) is 14.5. The Morgan fingerprint density at radius 1 is 0.971 bits per heavy atom. The summed E-state index contributed by atoms with van der Waals surface area (Å²) in [5.41, 5.74) is 3.04. The molecule has 0 aliphatic heterocycles. The molecule has 0 radical (unpaired) electrons. The maximum absolute atomic E-state index is 12.7. The van der Waals surface area contributed by atoms with Gasteiger partial charge in [0.25, 0.3) is 5.91 Å². The molecular weight excluding hydrogens is 563 g/mol. The first-order valence-electron chi connectivity index (χ1n) is 9.95. The number of hydrogen-bond donors (Lipinski definition) is 1. The SMILES string of the molecule is COc1ccc(C(=O)Oc2ccc(Br)cc2/C=N/NC(=O)COc2cccc(Cl)c2Cl)cc1OC. The van der Waals surface area contributed by atoms with E-state index in [1.165, 1.54) is 26.5 Å². The number of methoxy groups -OCH3 is 2. The van der Waals surface area contributed by atoms with Gasteiger partial charge < -0.3 is 18.9 Å². The quantitative estimate of drug-likeness (QED) is 0.155. The Morgan fingerprint density at radius 2 is 1.71 bits per heavy atom. The van der Waals surface area contributed by atoms with Crippen molar-refractivity contribution >= 4 is 57.2 Å². The molecule has 0 atom stereocenters. The summed E-state index contributed by atoms with van der Waals surface area (Å²) in [6.07, 6.45) is 1.34. The molecule has 0 saturated heterocycles. The summed E-state index contributed by atoms with van der Waals surface area (Å²) in [4.78, 5) is 24.8. The van der Waals surface area contributed by atoms with E-state index in [0.717, 1.165) is 4.47 Å². The molecule has 3 aromatic rings. The number of esters is 1. The monoisotopic (exact) mass is 580 g/mol. The Kier molecular flexibility index (Phi) is 9.36. The lowest BCUT2D eigenvalue weighted by atomic mass is 10.2. The lowest BCUT2D eigenvalue weighted by Crippen LogP contribution is -2.24. The van der Waals surface area contributed by atoms with Gasteiger partial charge in [0.05, 0.1) is 31.0 Å². The maximum Gasteiger partial charge on any atom is 0.343 e. The van der Waals surface area contributed by atoms with Gasteiger partial charge in [0.15, 0.2) is 18.1 Å². The zero-order valence-electron chi connectivity index (χ0n) is 18.5. The lowest BCUT2D eigenvalue weighted by Gasteiger charge is -2.11. The summed E-state index contributed by atoms with van der Waals surface area (Å²) < 4.78 is 22.0. The average Bonchev–Trinajstić information content (AvgIpc) is 2.85. The molecule has 8 nitrogen and oxygen atoms in total. The first kappa shape index (κ1) is 26.3. The highest BCUT2D eigenvalue weighted by molar-refractivity contribution is 9.10. The molecule has 3 aromatic carbocycles. The van der Waals surface area contributed by atoms with Crippen molar-refractivity contribution < 1.29 is 28.5 Å². The number of carbonyl (C=O) groups is 2. The van der Waals surface area contributed by atoms with Crippen LogP contribution in [0.15, 0.2) is 64.2 Å². The number of hydrogen-bond acceptors (Lipinski definition) is 7. The largest absolute Gasteiger partial charge is 0.493 e. The van der Waals surface area contributed by atoms with E-state index < -0.39 is 11.9 Å². The molecule has 11 heteroatoms. The Hall–Kier alpha value is -3.27. The van der Waals surface area contributed by atoms with Crippen LogP contribution >= 0.6 is 39.1 Å². The molecule has 0 aliphatic rings. The number of nitrogens with zero attached hydrogens (tertiary/aromatic N) is 1. The first-order chi connectivity index (χ1) is 16.8. The van der Waals surface area contributed by atoms with Gasteiger partial charge >= 0.3 is 5.97 Å². The van der Waals surface area contributed by atoms with Gasteiger partial charge in [-0.1, -0.05) is 45.2 Å². The van der Waals surface area contributed by atoms with Crippen molar-refractivity contribution in [3.63, 3.8) is 0 Å². The van der Waals surface area contributed by atoms with Gasteiger partial charge in [0, 0.05) is 10.0 Å². The van der Waals surface area contributed by atoms with E-state index in [0.29, 0.717) is 22.1 Å². The molecule has 0 heterocycles. The van der Waals surface area contributed by atoms with Gasteiger partial charge in [-0.3, -0.25) is 4.79 Å². The van der Waals surface area contributed by atoms with Crippen LogP contribution in [0.3, 0.4) is 0 Å². The van der Waals surface area contributed by atoms with Crippen LogP contribution in [0.4, 0.5) is 0 Å². The van der Waals surface area contributed by atoms with E-state index in [-0.39, 0.29) is 28.7 Å². The second-order valence-corrected chi connectivity index (χ2v) is 8.48. The Labute approximate surface area is 219 Å². The van der Waals surface area contributed by atoms with Crippen molar-refractivity contribution in [1.29, 1.82) is 0 Å². The minimum atomic E-state index is -0.612. The standard InChI is InChI=1S/C24H19BrCl2N2O6/c1-32-19-8-6-14(11-21(19)33-2)24(31)35-18-9-7-16(25)10-15(18)12-28-29-22(30)13-34-20-5-3-4-17(26)23(20)27/h3-12H,13H2,1-2H3,(H,29,30)/b28-12+. The van der Waals surface area contributed by atoms with E-state index in [1.807, 2.05) is 0 Å². The first-order valence-corrected chi connectivity index (χ1v) is 11.5. The van der Waals surface area contributed by atoms with Crippen molar-refractivity contribution in [1.82, 2.24) is 5.43 Å². The minimum Gasteiger partial charge on any atom is -0.493 e. The highest BCUT2D eigenvalue weighted by atomic mass is 79.9. The number of ether oxygens (including phenoxy) is 4. The Morgan fingerprint density at radius 3 is 2.46 bits per heavy atom. The van der Waals surface area contributed by atoms with Crippen molar-refractivity contribution in [2.45, 2.75) is 0 Å². The van der Waals surface area contributed by atoms with Crippen LogP contribution in [0.2, 0.25) is 10.0 Å². The highest BCUT2D eigenvalue weighted by Crippen LogP contribution is 2.31. The van der Waals surface area contributed by atoms with Crippen molar-refractivity contribution in [2.24, 2.45) is 5.10 Å². The summed E-state index contributed by atoms with van der Waals surface area (Å²) in [6.45, 7) is -0.336. The van der Waals surface area contributed by atoms with Crippen LogP contribution in [0.1, 0.15) is 15.9 Å². The fraction of sp³-hybridized carbons (Fsp3) is 0.125. The number of nitrogens with one attached hydrogen (secondary N) is 1. The predicted molar refractivity (Wildman–Crippen MR) is 136 cm³/mol. The zero-order chi connectivity index (χ0) is 25.4. The minimum absolute atomic E-state index is 0.209. The fourth-order valence-corrected chi connectivity index (χ4v) is 3.51. The molecule has 182 valence electrons. The average molecular weight is 582 g/mol. The third kappa shape index (κ3) is 7.11. The third-order valence-corrected chi connectivity index (χ3v) is 5.76.